The lowest BCUT2D eigenvalue weighted by atomic mass is 9.98. The number of aromatic amines is 1. The molecular weight excluding hydrogens is 512 g/mol. The van der Waals surface area contributed by atoms with Crippen molar-refractivity contribution in [2.75, 3.05) is 14.2 Å². The smallest absolute Gasteiger partial charge is 0.266 e. The summed E-state index contributed by atoms with van der Waals surface area (Å²) >= 11 is 7.18. The SMILES string of the molecule is CCCCc1[nH]c(=O)c(Sc2ccc(-n3cc(Cl)ccc3=O)cc2)c(O)c1-c1c(OC)cccc1OC. The van der Waals surface area contributed by atoms with Gasteiger partial charge in [-0.3, -0.25) is 14.2 Å². The summed E-state index contributed by atoms with van der Waals surface area (Å²) in [6.07, 6.45) is 3.87. The van der Waals surface area contributed by atoms with E-state index in [1.807, 2.05) is 0 Å². The molecule has 0 radical (unpaired) electrons. The number of hydrogen-bond donors (Lipinski definition) is 2. The van der Waals surface area contributed by atoms with Gasteiger partial charge in [-0.05, 0) is 55.3 Å². The lowest BCUT2D eigenvalue weighted by Gasteiger charge is -2.19. The second-order valence-corrected chi connectivity index (χ2v) is 9.80. The molecule has 0 saturated heterocycles. The highest BCUT2D eigenvalue weighted by molar-refractivity contribution is 7.99. The molecule has 0 spiro atoms. The fourth-order valence-electron chi connectivity index (χ4n) is 4.08. The summed E-state index contributed by atoms with van der Waals surface area (Å²) in [5.74, 6) is 0.899. The fraction of sp³-hybridized carbons (Fsp3) is 0.214. The van der Waals surface area contributed by atoms with Crippen LogP contribution in [-0.4, -0.2) is 28.9 Å². The fourth-order valence-corrected chi connectivity index (χ4v) is 5.09. The van der Waals surface area contributed by atoms with E-state index in [1.165, 1.54) is 16.7 Å². The van der Waals surface area contributed by atoms with Crippen LogP contribution in [0.5, 0.6) is 17.2 Å². The number of nitrogens with one attached hydrogen (secondary N) is 1. The van der Waals surface area contributed by atoms with E-state index in [9.17, 15) is 14.7 Å². The minimum absolute atomic E-state index is 0.141. The first-order valence-corrected chi connectivity index (χ1v) is 12.9. The van der Waals surface area contributed by atoms with Gasteiger partial charge >= 0.3 is 0 Å². The van der Waals surface area contributed by atoms with Gasteiger partial charge in [0.05, 0.1) is 30.4 Å². The second kappa shape index (κ2) is 11.6. The van der Waals surface area contributed by atoms with Crippen LogP contribution in [0.4, 0.5) is 0 Å². The molecule has 0 aliphatic carbocycles. The normalized spacial score (nSPS) is 10.9. The van der Waals surface area contributed by atoms with Gasteiger partial charge in [0.2, 0.25) is 0 Å². The molecule has 0 fully saturated rings. The standard InChI is InChI=1S/C28H27ClN2O5S/c1-4-5-7-20-24(25-21(35-2)8-6-9-22(25)36-3)26(33)27(28(34)30-20)37-19-13-11-18(12-14-19)31-16-17(29)10-15-23(31)32/h6,8-16H,4-5,7H2,1-3H3,(H2,30,33,34). The van der Waals surface area contributed by atoms with Crippen LogP contribution in [0.1, 0.15) is 25.5 Å². The predicted molar refractivity (Wildman–Crippen MR) is 147 cm³/mol. The summed E-state index contributed by atoms with van der Waals surface area (Å²) in [6.45, 7) is 2.06. The second-order valence-electron chi connectivity index (χ2n) is 8.28. The number of aryl methyl sites for hydroxylation is 1. The Morgan fingerprint density at radius 1 is 0.973 bits per heavy atom. The van der Waals surface area contributed by atoms with Gasteiger partial charge in [0.15, 0.2) is 0 Å². The van der Waals surface area contributed by atoms with E-state index >= 15 is 0 Å². The van der Waals surface area contributed by atoms with Crippen LogP contribution < -0.4 is 20.6 Å². The topological polar surface area (TPSA) is 93.6 Å². The number of H-pyrrole nitrogens is 1. The number of methoxy groups -OCH3 is 2. The maximum atomic E-state index is 13.1. The van der Waals surface area contributed by atoms with E-state index < -0.39 is 0 Å². The minimum Gasteiger partial charge on any atom is -0.506 e. The number of halogens is 1. The Labute approximate surface area is 223 Å². The highest BCUT2D eigenvalue weighted by Gasteiger charge is 2.24. The Balaban J connectivity index is 1.81. The van der Waals surface area contributed by atoms with Crippen molar-refractivity contribution in [2.24, 2.45) is 0 Å². The highest BCUT2D eigenvalue weighted by Crippen LogP contribution is 2.47. The zero-order valence-electron chi connectivity index (χ0n) is 20.7. The van der Waals surface area contributed by atoms with Gasteiger partial charge in [-0.25, -0.2) is 0 Å². The number of benzene rings is 2. The molecule has 7 nitrogen and oxygen atoms in total. The van der Waals surface area contributed by atoms with Gasteiger partial charge in [0.1, 0.15) is 22.1 Å². The zero-order valence-corrected chi connectivity index (χ0v) is 22.3. The molecule has 0 saturated carbocycles. The molecule has 0 amide bonds. The third kappa shape index (κ3) is 5.55. The highest BCUT2D eigenvalue weighted by atomic mass is 35.5. The van der Waals surface area contributed by atoms with Crippen LogP contribution >= 0.6 is 23.4 Å². The summed E-state index contributed by atoms with van der Waals surface area (Å²) in [6, 6.07) is 15.4. The third-order valence-corrected chi connectivity index (χ3v) is 7.21. The molecule has 37 heavy (non-hydrogen) atoms. The van der Waals surface area contributed by atoms with E-state index in [1.54, 1.807) is 62.9 Å². The van der Waals surface area contributed by atoms with Crippen molar-refractivity contribution in [1.29, 1.82) is 0 Å². The maximum Gasteiger partial charge on any atom is 0.266 e. The molecule has 0 aliphatic rings. The van der Waals surface area contributed by atoms with Crippen molar-refractivity contribution in [1.82, 2.24) is 9.55 Å². The van der Waals surface area contributed by atoms with Crippen molar-refractivity contribution in [3.8, 4) is 34.1 Å². The van der Waals surface area contributed by atoms with Crippen molar-refractivity contribution in [2.45, 2.75) is 36.0 Å². The molecule has 2 N–H and O–H groups in total. The predicted octanol–water partition coefficient (Wildman–Crippen LogP) is 6.06. The third-order valence-electron chi connectivity index (χ3n) is 5.89. The van der Waals surface area contributed by atoms with Crippen molar-refractivity contribution in [3.05, 3.63) is 92.2 Å². The summed E-state index contributed by atoms with van der Waals surface area (Å²) in [4.78, 5) is 29.2. The van der Waals surface area contributed by atoms with Crippen LogP contribution in [-0.2, 0) is 6.42 Å². The molecule has 192 valence electrons. The molecule has 9 heteroatoms. The minimum atomic E-state index is -0.388. The van der Waals surface area contributed by atoms with Gasteiger partial charge in [-0.2, -0.15) is 0 Å². The van der Waals surface area contributed by atoms with Crippen LogP contribution in [0.3, 0.4) is 0 Å². The Morgan fingerprint density at radius 3 is 2.27 bits per heavy atom. The lowest BCUT2D eigenvalue weighted by molar-refractivity contribution is 0.396. The number of ether oxygens (including phenoxy) is 2. The van der Waals surface area contributed by atoms with Crippen molar-refractivity contribution in [3.63, 3.8) is 0 Å². The summed E-state index contributed by atoms with van der Waals surface area (Å²) in [7, 11) is 3.10. The van der Waals surface area contributed by atoms with Crippen LogP contribution in [0.15, 0.2) is 80.2 Å². The zero-order chi connectivity index (χ0) is 26.5. The largest absolute Gasteiger partial charge is 0.506 e. The Kier molecular flexibility index (Phi) is 8.31. The van der Waals surface area contributed by atoms with Gasteiger partial charge in [0, 0.05) is 28.5 Å². The number of hydrogen-bond acceptors (Lipinski definition) is 6. The number of aromatic nitrogens is 2. The lowest BCUT2D eigenvalue weighted by Crippen LogP contribution is -2.15. The first-order chi connectivity index (χ1) is 17.9. The van der Waals surface area contributed by atoms with Gasteiger partial charge in [-0.1, -0.05) is 42.8 Å². The summed E-state index contributed by atoms with van der Waals surface area (Å²) in [5, 5.41) is 11.9. The first-order valence-electron chi connectivity index (χ1n) is 11.7. The molecule has 4 rings (SSSR count). The van der Waals surface area contributed by atoms with Crippen molar-refractivity contribution < 1.29 is 14.6 Å². The number of pyridine rings is 2. The maximum absolute atomic E-state index is 13.1. The van der Waals surface area contributed by atoms with Gasteiger partial charge in [-0.15, -0.1) is 0 Å². The van der Waals surface area contributed by atoms with Crippen LogP contribution in [0.25, 0.3) is 16.8 Å². The summed E-state index contributed by atoms with van der Waals surface area (Å²) < 4.78 is 12.6. The Morgan fingerprint density at radius 2 is 1.65 bits per heavy atom. The number of unbranched alkanes of at least 4 members (excludes halogenated alkanes) is 1. The average molecular weight is 539 g/mol. The monoisotopic (exact) mass is 538 g/mol. The Hall–Kier alpha value is -3.62. The van der Waals surface area contributed by atoms with E-state index in [4.69, 9.17) is 21.1 Å². The molecule has 2 aromatic carbocycles. The molecule has 0 unspecified atom stereocenters. The van der Waals surface area contributed by atoms with Gasteiger partial charge < -0.3 is 19.6 Å². The molecule has 0 bridgehead atoms. The van der Waals surface area contributed by atoms with Crippen molar-refractivity contribution >= 4 is 23.4 Å². The quantitative estimate of drug-likeness (QED) is 0.269. The number of rotatable bonds is 9. The number of aromatic hydroxyl groups is 1. The molecule has 2 aromatic heterocycles. The average Bonchev–Trinajstić information content (AvgIpc) is 2.91. The summed E-state index contributed by atoms with van der Waals surface area (Å²) in [5.41, 5.74) is 1.70. The van der Waals surface area contributed by atoms with E-state index in [2.05, 4.69) is 11.9 Å². The first kappa shape index (κ1) is 26.4. The van der Waals surface area contributed by atoms with E-state index in [0.717, 1.165) is 24.6 Å². The van der Waals surface area contributed by atoms with E-state index in [0.29, 0.717) is 50.3 Å². The van der Waals surface area contributed by atoms with E-state index in [-0.39, 0.29) is 21.8 Å². The van der Waals surface area contributed by atoms with Gasteiger partial charge in [0.25, 0.3) is 11.1 Å². The van der Waals surface area contributed by atoms with Crippen LogP contribution in [0, 0.1) is 0 Å². The molecule has 0 aliphatic heterocycles. The molecule has 2 heterocycles. The molecule has 4 aromatic rings. The molecular formula is C28H27ClN2O5S. The van der Waals surface area contributed by atoms with Crippen LogP contribution in [0.2, 0.25) is 5.02 Å². The molecule has 0 atom stereocenters. The Bertz CT molecular complexity index is 1510. The number of nitrogens with zero attached hydrogens (tertiary/aromatic N) is 1.